The van der Waals surface area contributed by atoms with Gasteiger partial charge in [-0.05, 0) is 38.5 Å². The first-order valence-electron chi connectivity index (χ1n) is 7.22. The molecule has 0 aliphatic carbocycles. The fraction of sp³-hybridized carbons (Fsp3) is 0.562. The van der Waals surface area contributed by atoms with E-state index in [1.165, 1.54) is 0 Å². The summed E-state index contributed by atoms with van der Waals surface area (Å²) in [6.07, 6.45) is 1.75. The molecule has 0 unspecified atom stereocenters. The van der Waals surface area contributed by atoms with Crippen molar-refractivity contribution in [3.63, 3.8) is 0 Å². The highest BCUT2D eigenvalue weighted by molar-refractivity contribution is 5.95. The summed E-state index contributed by atoms with van der Waals surface area (Å²) in [5.41, 5.74) is -0.0714. The highest BCUT2D eigenvalue weighted by Gasteiger charge is 2.42. The van der Waals surface area contributed by atoms with Gasteiger partial charge in [0.25, 0.3) is 5.91 Å². The van der Waals surface area contributed by atoms with E-state index in [-0.39, 0.29) is 12.0 Å². The van der Waals surface area contributed by atoms with Gasteiger partial charge in [-0.25, -0.2) is 0 Å². The van der Waals surface area contributed by atoms with Gasteiger partial charge in [0, 0.05) is 5.56 Å². The summed E-state index contributed by atoms with van der Waals surface area (Å²) in [4.78, 5) is 14.0. The Kier molecular flexibility index (Phi) is 4.33. The maximum absolute atomic E-state index is 12.3. The van der Waals surface area contributed by atoms with Crippen LogP contribution < -0.4 is 4.74 Å². The lowest BCUT2D eigenvalue weighted by Gasteiger charge is -2.46. The van der Waals surface area contributed by atoms with Gasteiger partial charge in [-0.1, -0.05) is 19.4 Å². The molecule has 4 nitrogen and oxygen atoms in total. The van der Waals surface area contributed by atoms with Crippen LogP contribution in [0.2, 0.25) is 0 Å². The molecule has 0 aromatic heterocycles. The van der Waals surface area contributed by atoms with Crippen molar-refractivity contribution in [2.45, 2.75) is 45.3 Å². The number of amides is 1. The molecule has 1 fully saturated rings. The van der Waals surface area contributed by atoms with Crippen molar-refractivity contribution in [3.05, 3.63) is 29.8 Å². The summed E-state index contributed by atoms with van der Waals surface area (Å²) >= 11 is 0. The van der Waals surface area contributed by atoms with Crippen LogP contribution in [0.4, 0.5) is 0 Å². The van der Waals surface area contributed by atoms with Crippen LogP contribution in [0.1, 0.15) is 44.0 Å². The van der Waals surface area contributed by atoms with Crippen molar-refractivity contribution >= 4 is 5.91 Å². The van der Waals surface area contributed by atoms with Gasteiger partial charge < -0.3 is 14.7 Å². The van der Waals surface area contributed by atoms with Crippen LogP contribution in [0.3, 0.4) is 0 Å². The number of hydrogen-bond acceptors (Lipinski definition) is 3. The van der Waals surface area contributed by atoms with E-state index in [0.29, 0.717) is 24.4 Å². The largest absolute Gasteiger partial charge is 0.491 e. The number of β-amino-alcohol motifs (C(OH)–C–C–N with tert-alkyl or cyclic N) is 1. The Morgan fingerprint density at radius 3 is 2.75 bits per heavy atom. The summed E-state index contributed by atoms with van der Waals surface area (Å²) in [6, 6.07) is 7.22. The van der Waals surface area contributed by atoms with E-state index in [9.17, 15) is 9.90 Å². The van der Waals surface area contributed by atoms with Crippen molar-refractivity contribution < 1.29 is 14.6 Å². The number of rotatable bonds is 5. The minimum absolute atomic E-state index is 0.0417. The molecule has 1 N–H and O–H groups in total. The van der Waals surface area contributed by atoms with Crippen LogP contribution >= 0.6 is 0 Å². The normalized spacial score (nSPS) is 16.9. The number of carbonyl (C=O) groups is 1. The Morgan fingerprint density at radius 1 is 1.45 bits per heavy atom. The summed E-state index contributed by atoms with van der Waals surface area (Å²) in [5.74, 6) is 0.662. The second-order valence-corrected chi connectivity index (χ2v) is 5.83. The highest BCUT2D eigenvalue weighted by atomic mass is 16.5. The van der Waals surface area contributed by atoms with Crippen molar-refractivity contribution in [1.29, 1.82) is 0 Å². The average molecular weight is 277 g/mol. The fourth-order valence-corrected chi connectivity index (χ4v) is 2.59. The number of nitrogens with zero attached hydrogens (tertiary/aromatic N) is 1. The van der Waals surface area contributed by atoms with Gasteiger partial charge in [0.15, 0.2) is 0 Å². The topological polar surface area (TPSA) is 49.8 Å². The molecule has 0 radical (unpaired) electrons. The number of likely N-dealkylation sites (tertiary alicyclic amines) is 1. The van der Waals surface area contributed by atoms with E-state index in [4.69, 9.17) is 4.74 Å². The minimum atomic E-state index is -0.684. The molecule has 2 rings (SSSR count). The standard InChI is InChI=1S/C16H23NO3/c1-4-8-16(19)10-17(11-16)15(18)13-6-5-7-14(9-13)20-12(2)3/h5-7,9,12,19H,4,8,10-11H2,1-3H3. The number of ether oxygens (including phenoxy) is 1. The maximum atomic E-state index is 12.3. The monoisotopic (exact) mass is 277 g/mol. The molecule has 1 amide bonds. The molecule has 0 saturated carbocycles. The van der Waals surface area contributed by atoms with Gasteiger partial charge in [-0.15, -0.1) is 0 Å². The van der Waals surface area contributed by atoms with Crippen LogP contribution in [-0.2, 0) is 0 Å². The Labute approximate surface area is 120 Å². The van der Waals surface area contributed by atoms with Crippen LogP contribution in [0.25, 0.3) is 0 Å². The number of benzene rings is 1. The lowest BCUT2D eigenvalue weighted by Crippen LogP contribution is -2.63. The molecule has 1 aliphatic rings. The van der Waals surface area contributed by atoms with E-state index < -0.39 is 5.60 Å². The van der Waals surface area contributed by atoms with E-state index in [1.54, 1.807) is 17.0 Å². The van der Waals surface area contributed by atoms with Gasteiger partial charge >= 0.3 is 0 Å². The first-order valence-corrected chi connectivity index (χ1v) is 7.22. The van der Waals surface area contributed by atoms with E-state index in [0.717, 1.165) is 12.8 Å². The zero-order valence-electron chi connectivity index (χ0n) is 12.4. The van der Waals surface area contributed by atoms with Crippen LogP contribution in [0, 0.1) is 0 Å². The zero-order chi connectivity index (χ0) is 14.8. The second kappa shape index (κ2) is 5.83. The molecule has 1 aromatic rings. The fourth-order valence-electron chi connectivity index (χ4n) is 2.59. The van der Waals surface area contributed by atoms with Gasteiger partial charge in [0.05, 0.1) is 24.8 Å². The third-order valence-corrected chi connectivity index (χ3v) is 3.43. The van der Waals surface area contributed by atoms with Gasteiger partial charge in [-0.3, -0.25) is 4.79 Å². The second-order valence-electron chi connectivity index (χ2n) is 5.83. The molecule has 20 heavy (non-hydrogen) atoms. The average Bonchev–Trinajstić information content (AvgIpc) is 2.35. The third kappa shape index (κ3) is 3.31. The summed E-state index contributed by atoms with van der Waals surface area (Å²) in [6.45, 7) is 6.79. The summed E-state index contributed by atoms with van der Waals surface area (Å²) < 4.78 is 5.60. The molecular weight excluding hydrogens is 254 g/mol. The van der Waals surface area contributed by atoms with Crippen molar-refractivity contribution in [2.24, 2.45) is 0 Å². The van der Waals surface area contributed by atoms with Crippen LogP contribution in [0.15, 0.2) is 24.3 Å². The molecule has 0 spiro atoms. The Balaban J connectivity index is 2.00. The van der Waals surface area contributed by atoms with Gasteiger partial charge in [0.1, 0.15) is 5.75 Å². The molecule has 1 saturated heterocycles. The van der Waals surface area contributed by atoms with Crippen molar-refractivity contribution in [1.82, 2.24) is 4.90 Å². The quantitative estimate of drug-likeness (QED) is 0.899. The Hall–Kier alpha value is -1.55. The van der Waals surface area contributed by atoms with Gasteiger partial charge in [0.2, 0.25) is 0 Å². The van der Waals surface area contributed by atoms with Crippen molar-refractivity contribution in [2.75, 3.05) is 13.1 Å². The first-order chi connectivity index (χ1) is 9.43. The lowest BCUT2D eigenvalue weighted by atomic mass is 9.89. The predicted octanol–water partition coefficient (Wildman–Crippen LogP) is 2.46. The molecule has 4 heteroatoms. The van der Waals surface area contributed by atoms with Crippen molar-refractivity contribution in [3.8, 4) is 5.75 Å². The lowest BCUT2D eigenvalue weighted by molar-refractivity contribution is -0.0860. The first kappa shape index (κ1) is 14.9. The highest BCUT2D eigenvalue weighted by Crippen LogP contribution is 2.28. The number of aliphatic hydroxyl groups is 1. The molecular formula is C16H23NO3. The van der Waals surface area contributed by atoms with Crippen LogP contribution in [0.5, 0.6) is 5.75 Å². The van der Waals surface area contributed by atoms with E-state index in [2.05, 4.69) is 0 Å². The number of hydrogen-bond donors (Lipinski definition) is 1. The van der Waals surface area contributed by atoms with Crippen LogP contribution in [-0.4, -0.2) is 40.7 Å². The predicted molar refractivity (Wildman–Crippen MR) is 78.0 cm³/mol. The molecule has 1 heterocycles. The molecule has 1 aromatic carbocycles. The molecule has 1 aliphatic heterocycles. The molecule has 0 bridgehead atoms. The van der Waals surface area contributed by atoms with Gasteiger partial charge in [-0.2, -0.15) is 0 Å². The smallest absolute Gasteiger partial charge is 0.254 e. The Morgan fingerprint density at radius 2 is 2.15 bits per heavy atom. The maximum Gasteiger partial charge on any atom is 0.254 e. The minimum Gasteiger partial charge on any atom is -0.491 e. The summed E-state index contributed by atoms with van der Waals surface area (Å²) in [5, 5.41) is 10.1. The molecule has 0 atom stereocenters. The molecule has 110 valence electrons. The van der Waals surface area contributed by atoms with E-state index in [1.807, 2.05) is 32.9 Å². The Bertz CT molecular complexity index is 478. The SMILES string of the molecule is CCCC1(O)CN(C(=O)c2cccc(OC(C)C)c2)C1. The van der Waals surface area contributed by atoms with E-state index >= 15 is 0 Å². The zero-order valence-corrected chi connectivity index (χ0v) is 12.4. The summed E-state index contributed by atoms with van der Waals surface area (Å²) in [7, 11) is 0. The number of carbonyl (C=O) groups excluding carboxylic acids is 1. The third-order valence-electron chi connectivity index (χ3n) is 3.43.